The molecule has 2 rings (SSSR count). The molecule has 20 heavy (non-hydrogen) atoms. The quantitative estimate of drug-likeness (QED) is 0.908. The average Bonchev–Trinajstić information content (AvgIpc) is 2.47. The standard InChI is InChI=1S/C14H22N2O3S/c1-11-9-14(4-3-12(11)10-15)20(17,18)16-7-5-13(19-2)6-8-16/h3-4,9,13H,5-8,10,15H2,1-2H3. The van der Waals surface area contributed by atoms with Crippen molar-refractivity contribution in [2.24, 2.45) is 5.73 Å². The van der Waals surface area contributed by atoms with Crippen molar-refractivity contribution in [1.29, 1.82) is 0 Å². The number of piperidine rings is 1. The number of hydrogen-bond acceptors (Lipinski definition) is 4. The highest BCUT2D eigenvalue weighted by Crippen LogP contribution is 2.23. The maximum atomic E-state index is 12.6. The number of rotatable bonds is 4. The van der Waals surface area contributed by atoms with Crippen LogP contribution in [0.2, 0.25) is 0 Å². The van der Waals surface area contributed by atoms with Gasteiger partial charge in [0.05, 0.1) is 11.0 Å². The van der Waals surface area contributed by atoms with E-state index in [0.29, 0.717) is 24.5 Å². The fourth-order valence-corrected chi connectivity index (χ4v) is 4.07. The Morgan fingerprint density at radius 3 is 2.50 bits per heavy atom. The molecular weight excluding hydrogens is 276 g/mol. The molecule has 0 radical (unpaired) electrons. The first-order valence-corrected chi connectivity index (χ1v) is 8.25. The van der Waals surface area contributed by atoms with Gasteiger partial charge in [-0.2, -0.15) is 4.31 Å². The SMILES string of the molecule is COC1CCN(S(=O)(=O)c2ccc(CN)c(C)c2)CC1. The van der Waals surface area contributed by atoms with Gasteiger partial charge in [0.1, 0.15) is 0 Å². The topological polar surface area (TPSA) is 72.6 Å². The number of nitrogens with two attached hydrogens (primary N) is 1. The maximum Gasteiger partial charge on any atom is 0.243 e. The maximum absolute atomic E-state index is 12.6. The Hall–Kier alpha value is -0.950. The van der Waals surface area contributed by atoms with Crippen molar-refractivity contribution in [3.8, 4) is 0 Å². The summed E-state index contributed by atoms with van der Waals surface area (Å²) in [7, 11) is -1.73. The Kier molecular flexibility index (Phi) is 4.80. The van der Waals surface area contributed by atoms with Crippen LogP contribution < -0.4 is 5.73 Å². The van der Waals surface area contributed by atoms with E-state index in [0.717, 1.165) is 24.0 Å². The van der Waals surface area contributed by atoms with Gasteiger partial charge in [-0.3, -0.25) is 0 Å². The van der Waals surface area contributed by atoms with Crippen LogP contribution in [0.1, 0.15) is 24.0 Å². The van der Waals surface area contributed by atoms with Crippen LogP contribution in [0.3, 0.4) is 0 Å². The lowest BCUT2D eigenvalue weighted by atomic mass is 10.1. The van der Waals surface area contributed by atoms with Gasteiger partial charge in [-0.05, 0) is 43.0 Å². The minimum Gasteiger partial charge on any atom is -0.381 e. The van der Waals surface area contributed by atoms with Crippen LogP contribution in [0.15, 0.2) is 23.1 Å². The smallest absolute Gasteiger partial charge is 0.243 e. The van der Waals surface area contributed by atoms with Crippen molar-refractivity contribution in [3.05, 3.63) is 29.3 Å². The molecule has 0 unspecified atom stereocenters. The van der Waals surface area contributed by atoms with Crippen LogP contribution in [0.4, 0.5) is 0 Å². The van der Waals surface area contributed by atoms with Gasteiger partial charge in [0.25, 0.3) is 0 Å². The molecule has 0 bridgehead atoms. The van der Waals surface area contributed by atoms with E-state index in [9.17, 15) is 8.42 Å². The summed E-state index contributed by atoms with van der Waals surface area (Å²) < 4.78 is 32.0. The van der Waals surface area contributed by atoms with Gasteiger partial charge in [-0.15, -0.1) is 0 Å². The molecule has 1 saturated heterocycles. The molecule has 0 aliphatic carbocycles. The number of aryl methyl sites for hydroxylation is 1. The molecule has 1 aromatic rings. The van der Waals surface area contributed by atoms with Gasteiger partial charge in [-0.25, -0.2) is 8.42 Å². The van der Waals surface area contributed by atoms with Crippen LogP contribution >= 0.6 is 0 Å². The normalized spacial score (nSPS) is 18.4. The summed E-state index contributed by atoms with van der Waals surface area (Å²) in [6, 6.07) is 5.15. The third-order valence-corrected chi connectivity index (χ3v) is 5.80. The predicted octanol–water partition coefficient (Wildman–Crippen LogP) is 1.25. The van der Waals surface area contributed by atoms with E-state index in [1.165, 1.54) is 0 Å². The summed E-state index contributed by atoms with van der Waals surface area (Å²) in [4.78, 5) is 0.350. The van der Waals surface area contributed by atoms with Crippen LogP contribution in [-0.4, -0.2) is 39.0 Å². The predicted molar refractivity (Wildman–Crippen MR) is 77.9 cm³/mol. The van der Waals surface area contributed by atoms with Crippen LogP contribution in [0.25, 0.3) is 0 Å². The first-order chi connectivity index (χ1) is 9.48. The van der Waals surface area contributed by atoms with Crippen molar-refractivity contribution < 1.29 is 13.2 Å². The highest BCUT2D eigenvalue weighted by atomic mass is 32.2. The fraction of sp³-hybridized carbons (Fsp3) is 0.571. The van der Waals surface area contributed by atoms with E-state index in [-0.39, 0.29) is 6.10 Å². The summed E-state index contributed by atoms with van der Waals surface area (Å²) in [6.45, 7) is 3.33. The third kappa shape index (κ3) is 3.03. The number of hydrogen-bond donors (Lipinski definition) is 1. The molecule has 5 nitrogen and oxygen atoms in total. The largest absolute Gasteiger partial charge is 0.381 e. The molecule has 0 amide bonds. The van der Waals surface area contributed by atoms with E-state index in [1.807, 2.05) is 6.92 Å². The van der Waals surface area contributed by atoms with E-state index < -0.39 is 10.0 Å². The Morgan fingerprint density at radius 1 is 1.35 bits per heavy atom. The molecule has 6 heteroatoms. The Morgan fingerprint density at radius 2 is 2.00 bits per heavy atom. The molecule has 1 heterocycles. The van der Waals surface area contributed by atoms with Crippen LogP contribution in [0.5, 0.6) is 0 Å². The summed E-state index contributed by atoms with van der Waals surface area (Å²) in [6.07, 6.45) is 1.66. The first-order valence-electron chi connectivity index (χ1n) is 6.81. The minimum atomic E-state index is -3.40. The zero-order valence-electron chi connectivity index (χ0n) is 12.0. The lowest BCUT2D eigenvalue weighted by Gasteiger charge is -2.30. The molecule has 2 N–H and O–H groups in total. The second kappa shape index (κ2) is 6.22. The minimum absolute atomic E-state index is 0.169. The monoisotopic (exact) mass is 298 g/mol. The van der Waals surface area contributed by atoms with E-state index in [4.69, 9.17) is 10.5 Å². The number of methoxy groups -OCH3 is 1. The zero-order chi connectivity index (χ0) is 14.8. The molecule has 0 saturated carbocycles. The fourth-order valence-electron chi connectivity index (χ4n) is 2.52. The van der Waals surface area contributed by atoms with E-state index in [1.54, 1.807) is 29.6 Å². The van der Waals surface area contributed by atoms with Gasteiger partial charge < -0.3 is 10.5 Å². The molecule has 1 fully saturated rings. The number of benzene rings is 1. The third-order valence-electron chi connectivity index (χ3n) is 3.91. The molecule has 0 aromatic heterocycles. The van der Waals surface area contributed by atoms with Gasteiger partial charge >= 0.3 is 0 Å². The zero-order valence-corrected chi connectivity index (χ0v) is 12.8. The summed E-state index contributed by atoms with van der Waals surface area (Å²) in [5.74, 6) is 0. The number of nitrogens with zero attached hydrogens (tertiary/aromatic N) is 1. The van der Waals surface area contributed by atoms with Gasteiger partial charge in [0.2, 0.25) is 10.0 Å². The van der Waals surface area contributed by atoms with Crippen LogP contribution in [-0.2, 0) is 21.3 Å². The van der Waals surface area contributed by atoms with Gasteiger partial charge in [-0.1, -0.05) is 6.07 Å². The Bertz CT molecular complexity index is 564. The van der Waals surface area contributed by atoms with Crippen LogP contribution in [0, 0.1) is 6.92 Å². The van der Waals surface area contributed by atoms with Crippen molar-refractivity contribution in [3.63, 3.8) is 0 Å². The van der Waals surface area contributed by atoms with Gasteiger partial charge in [0.15, 0.2) is 0 Å². The number of ether oxygens (including phenoxy) is 1. The average molecular weight is 298 g/mol. The van der Waals surface area contributed by atoms with Crippen molar-refractivity contribution in [2.45, 2.75) is 37.3 Å². The van der Waals surface area contributed by atoms with Crippen molar-refractivity contribution >= 4 is 10.0 Å². The summed E-state index contributed by atoms with van der Waals surface area (Å²) >= 11 is 0. The summed E-state index contributed by atoms with van der Waals surface area (Å²) in [5.41, 5.74) is 7.50. The highest BCUT2D eigenvalue weighted by Gasteiger charge is 2.29. The lowest BCUT2D eigenvalue weighted by Crippen LogP contribution is -2.40. The number of sulfonamides is 1. The lowest BCUT2D eigenvalue weighted by molar-refractivity contribution is 0.0604. The first kappa shape index (κ1) is 15.4. The van der Waals surface area contributed by atoms with Crippen molar-refractivity contribution in [1.82, 2.24) is 4.31 Å². The Labute approximate surface area is 120 Å². The Balaban J connectivity index is 2.20. The molecule has 1 aliphatic rings. The molecule has 112 valence electrons. The molecule has 0 spiro atoms. The molecule has 1 aromatic carbocycles. The van der Waals surface area contributed by atoms with E-state index >= 15 is 0 Å². The van der Waals surface area contributed by atoms with Crippen molar-refractivity contribution in [2.75, 3.05) is 20.2 Å². The van der Waals surface area contributed by atoms with E-state index in [2.05, 4.69) is 0 Å². The highest BCUT2D eigenvalue weighted by molar-refractivity contribution is 7.89. The second-order valence-corrected chi connectivity index (χ2v) is 7.07. The molecule has 0 atom stereocenters. The van der Waals surface area contributed by atoms with Gasteiger partial charge in [0, 0.05) is 26.7 Å². The second-order valence-electron chi connectivity index (χ2n) is 5.13. The molecule has 1 aliphatic heterocycles. The molecular formula is C14H22N2O3S. The summed E-state index contributed by atoms with van der Waals surface area (Å²) in [5, 5.41) is 0.